The average molecular weight is 470 g/mol. The van der Waals surface area contributed by atoms with Crippen LogP contribution in [0.1, 0.15) is 42.9 Å². The topological polar surface area (TPSA) is 83.4 Å². The first kappa shape index (κ1) is 22.2. The number of rotatable bonds is 5. The number of nitrogens with zero attached hydrogens (tertiary/aromatic N) is 3. The van der Waals surface area contributed by atoms with Crippen LogP contribution >= 0.6 is 23.2 Å². The quantitative estimate of drug-likeness (QED) is 0.531. The molecule has 0 spiro atoms. The van der Waals surface area contributed by atoms with Crippen LogP contribution in [0.4, 0.5) is 5.82 Å². The molecule has 1 aromatic heterocycles. The Kier molecular flexibility index (Phi) is 6.17. The van der Waals surface area contributed by atoms with Crippen molar-refractivity contribution in [3.05, 3.63) is 88.3 Å². The van der Waals surface area contributed by atoms with Gasteiger partial charge in [-0.1, -0.05) is 54.4 Å². The normalized spacial score (nSPS) is 23.2. The lowest BCUT2D eigenvalue weighted by Crippen LogP contribution is -2.53. The van der Waals surface area contributed by atoms with Crippen LogP contribution in [0.2, 0.25) is 10.0 Å². The zero-order valence-electron chi connectivity index (χ0n) is 17.3. The van der Waals surface area contributed by atoms with Gasteiger partial charge in [0, 0.05) is 28.4 Å². The molecule has 8 heteroatoms. The van der Waals surface area contributed by atoms with E-state index in [0.717, 1.165) is 11.1 Å². The number of anilines is 1. The molecule has 2 unspecified atom stereocenters. The summed E-state index contributed by atoms with van der Waals surface area (Å²) in [6, 6.07) is 14.3. The predicted octanol–water partition coefficient (Wildman–Crippen LogP) is 5.53. The smallest absolute Gasteiger partial charge is 0.304 e. The number of benzene rings is 2. The molecule has 2 aromatic carbocycles. The monoisotopic (exact) mass is 469 g/mol. The number of hydrogen-bond acceptors (Lipinski definition) is 4. The molecule has 1 amide bonds. The highest BCUT2D eigenvalue weighted by Crippen LogP contribution is 2.52. The van der Waals surface area contributed by atoms with Gasteiger partial charge >= 0.3 is 5.97 Å². The van der Waals surface area contributed by atoms with Crippen LogP contribution < -0.4 is 4.90 Å². The maximum Gasteiger partial charge on any atom is 0.304 e. The van der Waals surface area contributed by atoms with Crippen molar-refractivity contribution in [2.45, 2.75) is 31.7 Å². The minimum atomic E-state index is -1.14. The lowest BCUT2D eigenvalue weighted by Gasteiger charge is -2.48. The van der Waals surface area contributed by atoms with Gasteiger partial charge in [-0.2, -0.15) is 0 Å². The fourth-order valence-electron chi connectivity index (χ4n) is 4.50. The van der Waals surface area contributed by atoms with Gasteiger partial charge in [0.2, 0.25) is 5.91 Å². The van der Waals surface area contributed by atoms with Gasteiger partial charge in [0.25, 0.3) is 0 Å². The number of amides is 1. The van der Waals surface area contributed by atoms with Gasteiger partial charge in [0.15, 0.2) is 5.82 Å². The summed E-state index contributed by atoms with van der Waals surface area (Å²) in [6.45, 7) is 1.70. The number of carboxylic acids is 1. The van der Waals surface area contributed by atoms with Crippen LogP contribution in [0.25, 0.3) is 0 Å². The molecule has 4 rings (SSSR count). The number of aliphatic carboxylic acids is 1. The molecule has 1 aliphatic rings. The summed E-state index contributed by atoms with van der Waals surface area (Å²) in [5, 5.41) is 10.7. The molecule has 1 N–H and O–H groups in total. The van der Waals surface area contributed by atoms with Gasteiger partial charge in [-0.05, 0) is 41.8 Å². The van der Waals surface area contributed by atoms with Crippen LogP contribution in [0.3, 0.4) is 0 Å². The molecule has 0 radical (unpaired) electrons. The van der Waals surface area contributed by atoms with Crippen LogP contribution in [0, 0.1) is 5.41 Å². The molecule has 0 saturated carbocycles. The number of hydrogen-bond donors (Lipinski definition) is 1. The van der Waals surface area contributed by atoms with E-state index in [9.17, 15) is 14.7 Å². The van der Waals surface area contributed by atoms with Gasteiger partial charge < -0.3 is 5.11 Å². The van der Waals surface area contributed by atoms with Gasteiger partial charge in [-0.25, -0.2) is 4.98 Å². The van der Waals surface area contributed by atoms with E-state index in [0.29, 0.717) is 22.3 Å². The first-order valence-corrected chi connectivity index (χ1v) is 10.9. The van der Waals surface area contributed by atoms with Crippen molar-refractivity contribution in [3.63, 3.8) is 0 Å². The molecule has 6 nitrogen and oxygen atoms in total. The van der Waals surface area contributed by atoms with E-state index >= 15 is 0 Å². The Morgan fingerprint density at radius 1 is 1.12 bits per heavy atom. The van der Waals surface area contributed by atoms with Gasteiger partial charge in [-0.15, -0.1) is 0 Å². The van der Waals surface area contributed by atoms with Crippen molar-refractivity contribution in [2.75, 3.05) is 4.90 Å². The maximum absolute atomic E-state index is 13.8. The fraction of sp³-hybridized carbons (Fsp3) is 0.250. The van der Waals surface area contributed by atoms with Crippen LogP contribution in [-0.4, -0.2) is 27.0 Å². The second-order valence-corrected chi connectivity index (χ2v) is 9.10. The summed E-state index contributed by atoms with van der Waals surface area (Å²) in [4.78, 5) is 35.6. The number of carboxylic acid groups (broad SMARTS) is 1. The minimum Gasteiger partial charge on any atom is -0.481 e. The number of aromatic nitrogens is 2. The van der Waals surface area contributed by atoms with Gasteiger partial charge in [0.05, 0.1) is 24.1 Å². The van der Waals surface area contributed by atoms with Crippen molar-refractivity contribution in [1.29, 1.82) is 0 Å². The third-order valence-electron chi connectivity index (χ3n) is 5.89. The Hall–Kier alpha value is -2.96. The van der Waals surface area contributed by atoms with E-state index in [2.05, 4.69) is 9.97 Å². The number of piperidine rings is 1. The number of halogens is 2. The van der Waals surface area contributed by atoms with E-state index < -0.39 is 17.4 Å². The van der Waals surface area contributed by atoms with E-state index in [1.165, 1.54) is 18.6 Å². The summed E-state index contributed by atoms with van der Waals surface area (Å²) < 4.78 is 0. The maximum atomic E-state index is 13.8. The van der Waals surface area contributed by atoms with Crippen molar-refractivity contribution < 1.29 is 14.7 Å². The number of carbonyl (C=O) groups excluding carboxylic acids is 1. The fourth-order valence-corrected chi connectivity index (χ4v) is 4.83. The largest absolute Gasteiger partial charge is 0.481 e. The van der Waals surface area contributed by atoms with Crippen molar-refractivity contribution in [1.82, 2.24) is 9.97 Å². The number of carbonyl (C=O) groups is 2. The zero-order chi connectivity index (χ0) is 22.9. The Bertz CT molecular complexity index is 1140. The van der Waals surface area contributed by atoms with Crippen molar-refractivity contribution >= 4 is 40.9 Å². The molecule has 164 valence electrons. The SMILES string of the molecule is C[C@]1(CC(=O)O)CC(c2cccc(Cl)c2)C(c2ccc(Cl)cc2)N(c2cnccn2)C1=O. The first-order chi connectivity index (χ1) is 15.3. The van der Waals surface area contributed by atoms with Crippen LogP contribution in [0.15, 0.2) is 67.1 Å². The zero-order valence-corrected chi connectivity index (χ0v) is 18.8. The Morgan fingerprint density at radius 2 is 1.88 bits per heavy atom. The Balaban J connectivity index is 1.94. The summed E-state index contributed by atoms with van der Waals surface area (Å²) in [7, 11) is 0. The average Bonchev–Trinajstić information content (AvgIpc) is 2.76. The van der Waals surface area contributed by atoms with Crippen LogP contribution in [0.5, 0.6) is 0 Å². The van der Waals surface area contributed by atoms with E-state index in [1.54, 1.807) is 30.0 Å². The summed E-state index contributed by atoms with van der Waals surface area (Å²) >= 11 is 12.4. The van der Waals surface area contributed by atoms with E-state index in [1.807, 2.05) is 30.3 Å². The highest BCUT2D eigenvalue weighted by molar-refractivity contribution is 6.30. The molecule has 0 bridgehead atoms. The molecule has 2 heterocycles. The summed E-state index contributed by atoms with van der Waals surface area (Å²) in [5.74, 6) is -1.21. The molecular formula is C24H21Cl2N3O3. The Morgan fingerprint density at radius 3 is 2.50 bits per heavy atom. The summed E-state index contributed by atoms with van der Waals surface area (Å²) in [5.41, 5.74) is 0.630. The predicted molar refractivity (Wildman–Crippen MR) is 123 cm³/mol. The lowest BCUT2D eigenvalue weighted by atomic mass is 9.67. The Labute approximate surface area is 195 Å². The van der Waals surface area contributed by atoms with Crippen molar-refractivity contribution in [3.8, 4) is 0 Å². The molecule has 3 aromatic rings. The molecule has 1 saturated heterocycles. The molecular weight excluding hydrogens is 449 g/mol. The molecule has 32 heavy (non-hydrogen) atoms. The first-order valence-electron chi connectivity index (χ1n) is 10.1. The third kappa shape index (κ3) is 4.33. The molecule has 0 aliphatic carbocycles. The lowest BCUT2D eigenvalue weighted by molar-refractivity contribution is -0.145. The highest BCUT2D eigenvalue weighted by atomic mass is 35.5. The summed E-state index contributed by atoms with van der Waals surface area (Å²) in [6.07, 6.45) is 4.59. The standard InChI is InChI=1S/C24H21Cl2N3O3/c1-24(13-21(30)31)12-19(16-3-2-4-18(26)11-16)22(15-5-7-17(25)8-6-15)29(23(24)32)20-14-27-9-10-28-20/h2-11,14,19,22H,12-13H2,1H3,(H,30,31)/t19?,22?,24-/m1/s1. The van der Waals surface area contributed by atoms with E-state index in [4.69, 9.17) is 23.2 Å². The van der Waals surface area contributed by atoms with Crippen molar-refractivity contribution in [2.24, 2.45) is 5.41 Å². The molecule has 1 aliphatic heterocycles. The molecule has 1 fully saturated rings. The minimum absolute atomic E-state index is 0.237. The molecule has 3 atom stereocenters. The van der Waals surface area contributed by atoms with Crippen LogP contribution in [-0.2, 0) is 9.59 Å². The van der Waals surface area contributed by atoms with Gasteiger partial charge in [-0.3, -0.25) is 19.5 Å². The van der Waals surface area contributed by atoms with Gasteiger partial charge in [0.1, 0.15) is 0 Å². The van der Waals surface area contributed by atoms with E-state index in [-0.39, 0.29) is 18.2 Å². The second-order valence-electron chi connectivity index (χ2n) is 8.23. The third-order valence-corrected chi connectivity index (χ3v) is 6.38. The highest BCUT2D eigenvalue weighted by Gasteiger charge is 2.51. The second kappa shape index (κ2) is 8.88.